The summed E-state index contributed by atoms with van der Waals surface area (Å²) in [6, 6.07) is 5.04. The first-order chi connectivity index (χ1) is 17.3. The fourth-order valence-corrected chi connectivity index (χ4v) is 3.87. The number of benzene rings is 2. The van der Waals surface area contributed by atoms with Gasteiger partial charge < -0.3 is 9.47 Å². The molecular weight excluding hydrogens is 490 g/mol. The molecule has 0 amide bonds. The van der Waals surface area contributed by atoms with E-state index in [1.165, 1.54) is 0 Å². The van der Waals surface area contributed by atoms with E-state index in [0.29, 0.717) is 32.8 Å². The Balaban J connectivity index is 0.000000202. The van der Waals surface area contributed by atoms with E-state index in [1.807, 2.05) is 9.80 Å². The molecule has 5 nitrogen and oxygen atoms in total. The number of carbonyl (C=O) groups is 1. The molecule has 2 fully saturated rings. The van der Waals surface area contributed by atoms with Gasteiger partial charge in [0.15, 0.2) is 6.29 Å². The molecule has 2 aliphatic rings. The molecule has 0 bridgehead atoms. The van der Waals surface area contributed by atoms with E-state index < -0.39 is 28.8 Å². The number of hydrogen-bond donors (Lipinski definition) is 0. The summed E-state index contributed by atoms with van der Waals surface area (Å²) in [5, 5.41) is 0. The number of likely N-dealkylation sites (tertiary alicyclic amines) is 2. The van der Waals surface area contributed by atoms with Gasteiger partial charge in [-0.1, -0.05) is 0 Å². The van der Waals surface area contributed by atoms with E-state index in [1.54, 1.807) is 0 Å². The van der Waals surface area contributed by atoms with Gasteiger partial charge >= 0.3 is 0 Å². The van der Waals surface area contributed by atoms with E-state index >= 15 is 0 Å². The van der Waals surface area contributed by atoms with Crippen LogP contribution in [0.3, 0.4) is 0 Å². The van der Waals surface area contributed by atoms with E-state index in [9.17, 15) is 31.1 Å². The first kappa shape index (κ1) is 27.8. The molecule has 0 aromatic heterocycles. The fraction of sp³-hybridized carbons (Fsp3) is 0.480. The van der Waals surface area contributed by atoms with Crippen LogP contribution in [0.4, 0.5) is 26.3 Å². The van der Waals surface area contributed by atoms with Crippen LogP contribution >= 0.6 is 0 Å². The van der Waals surface area contributed by atoms with Gasteiger partial charge in [-0.05, 0) is 0 Å². The average molecular weight is 518 g/mol. The fourth-order valence-electron chi connectivity index (χ4n) is 3.87. The van der Waals surface area contributed by atoms with Crippen LogP contribution in [0.15, 0.2) is 30.3 Å². The minimum Gasteiger partial charge on any atom is -0.492 e. The standard InChI is InChI=1S/C13H14F3NO2.C12H14F3NO/c14-5-9-6-17(7-9)1-2-19-10-3-12(15)11(8-18)13(16)4-10;13-6-9-7-16(8-9)1-2-17-12-4-10(14)3-11(15)5-12/h3-4,8-9H,1-2,5-7H2;3-5,9H,1-2,6-8H2. The highest BCUT2D eigenvalue weighted by molar-refractivity contribution is 5.75. The Morgan fingerprint density at radius 2 is 1.14 bits per heavy atom. The zero-order valence-corrected chi connectivity index (χ0v) is 19.6. The zero-order chi connectivity index (χ0) is 26.1. The Bertz CT molecular complexity index is 957. The van der Waals surface area contributed by atoms with Crippen LogP contribution in [0.5, 0.6) is 11.5 Å². The van der Waals surface area contributed by atoms with Gasteiger partial charge in [-0.15, -0.1) is 0 Å². The molecule has 0 aliphatic carbocycles. The van der Waals surface area contributed by atoms with Crippen molar-refractivity contribution in [2.75, 3.05) is 65.8 Å². The average Bonchev–Trinajstić information content (AvgIpc) is 2.76. The lowest BCUT2D eigenvalue weighted by atomic mass is 10.0. The first-order valence-electron chi connectivity index (χ1n) is 11.5. The molecule has 4 rings (SSSR count). The molecule has 0 saturated carbocycles. The topological polar surface area (TPSA) is 42.0 Å². The molecule has 0 atom stereocenters. The van der Waals surface area contributed by atoms with Gasteiger partial charge in [-0.3, -0.25) is 23.4 Å². The van der Waals surface area contributed by atoms with Crippen molar-refractivity contribution in [1.82, 2.24) is 9.80 Å². The van der Waals surface area contributed by atoms with Crippen molar-refractivity contribution in [3.05, 3.63) is 59.2 Å². The quantitative estimate of drug-likeness (QED) is 0.328. The summed E-state index contributed by atoms with van der Waals surface area (Å²) >= 11 is 0. The van der Waals surface area contributed by atoms with Crippen LogP contribution < -0.4 is 9.47 Å². The lowest BCUT2D eigenvalue weighted by Gasteiger charge is -2.37. The van der Waals surface area contributed by atoms with E-state index in [2.05, 4.69) is 0 Å². The summed E-state index contributed by atoms with van der Waals surface area (Å²) in [4.78, 5) is 14.4. The maximum atomic E-state index is 13.3. The van der Waals surface area contributed by atoms with Gasteiger partial charge in [0.2, 0.25) is 0 Å². The molecule has 2 aliphatic heterocycles. The molecule has 198 valence electrons. The molecular formula is C25H28F6N2O3. The molecule has 0 unspecified atom stereocenters. The smallest absolute Gasteiger partial charge is 0.155 e. The van der Waals surface area contributed by atoms with Gasteiger partial charge in [0, 0.05) is 81.4 Å². The monoisotopic (exact) mass is 518 g/mol. The summed E-state index contributed by atoms with van der Waals surface area (Å²) < 4.78 is 86.9. The number of hydrogen-bond acceptors (Lipinski definition) is 5. The van der Waals surface area contributed by atoms with Gasteiger partial charge in [0.25, 0.3) is 0 Å². The van der Waals surface area contributed by atoms with Crippen LogP contribution in [0, 0.1) is 35.1 Å². The largest absolute Gasteiger partial charge is 0.492 e. The van der Waals surface area contributed by atoms with Crippen molar-refractivity contribution in [3.63, 3.8) is 0 Å². The zero-order valence-electron chi connectivity index (χ0n) is 19.6. The van der Waals surface area contributed by atoms with Gasteiger partial charge in [-0.2, -0.15) is 0 Å². The lowest BCUT2D eigenvalue weighted by molar-refractivity contribution is 0.0667. The third-order valence-electron chi connectivity index (χ3n) is 5.86. The maximum Gasteiger partial charge on any atom is 0.155 e. The van der Waals surface area contributed by atoms with E-state index in [4.69, 9.17) is 9.47 Å². The Labute approximate surface area is 205 Å². The number of carbonyl (C=O) groups excluding carboxylic acids is 1. The van der Waals surface area contributed by atoms with Crippen molar-refractivity contribution < 1.29 is 40.6 Å². The van der Waals surface area contributed by atoms with Crippen LogP contribution in [-0.2, 0) is 0 Å². The van der Waals surface area contributed by atoms with Crippen molar-refractivity contribution in [2.45, 2.75) is 0 Å². The van der Waals surface area contributed by atoms with Crippen LogP contribution in [0.25, 0.3) is 0 Å². The van der Waals surface area contributed by atoms with Crippen molar-refractivity contribution in [2.24, 2.45) is 11.8 Å². The highest BCUT2D eigenvalue weighted by Gasteiger charge is 2.26. The number of alkyl halides is 2. The van der Waals surface area contributed by atoms with E-state index in [-0.39, 0.29) is 49.6 Å². The van der Waals surface area contributed by atoms with Crippen molar-refractivity contribution >= 4 is 6.29 Å². The third-order valence-corrected chi connectivity index (χ3v) is 5.86. The van der Waals surface area contributed by atoms with Crippen LogP contribution in [-0.4, -0.2) is 81.9 Å². The molecule has 0 radical (unpaired) electrons. The minimum atomic E-state index is -0.938. The second kappa shape index (κ2) is 13.5. The maximum absolute atomic E-state index is 13.3. The number of halogens is 6. The number of nitrogens with zero attached hydrogens (tertiary/aromatic N) is 2. The molecule has 2 heterocycles. The summed E-state index contributed by atoms with van der Waals surface area (Å²) in [6.45, 7) is 4.07. The normalized spacial score (nSPS) is 16.5. The van der Waals surface area contributed by atoms with E-state index in [0.717, 1.165) is 43.4 Å². The minimum absolute atomic E-state index is 0.0446. The summed E-state index contributed by atoms with van der Waals surface area (Å²) in [7, 11) is 0. The Morgan fingerprint density at radius 3 is 1.53 bits per heavy atom. The lowest BCUT2D eigenvalue weighted by Crippen LogP contribution is -2.49. The van der Waals surface area contributed by atoms with Gasteiger partial charge in [-0.25, -0.2) is 17.6 Å². The Hall–Kier alpha value is -2.79. The van der Waals surface area contributed by atoms with Gasteiger partial charge in [0.05, 0.1) is 18.9 Å². The molecule has 0 spiro atoms. The molecule has 2 aromatic carbocycles. The highest BCUT2D eigenvalue weighted by Crippen LogP contribution is 2.21. The second-order valence-electron chi connectivity index (χ2n) is 8.78. The summed E-state index contributed by atoms with van der Waals surface area (Å²) in [5.41, 5.74) is -0.596. The predicted octanol–water partition coefficient (Wildman–Crippen LogP) is 4.30. The SMILES string of the molecule is FCC1CN(CCOc2cc(F)cc(F)c2)C1.O=Cc1c(F)cc(OCCN2CC(CF)C2)cc1F. The summed E-state index contributed by atoms with van der Waals surface area (Å²) in [5.74, 6) is -2.71. The first-order valence-corrected chi connectivity index (χ1v) is 11.5. The van der Waals surface area contributed by atoms with Crippen LogP contribution in [0.2, 0.25) is 0 Å². The number of aldehydes is 1. The molecule has 11 heteroatoms. The Morgan fingerprint density at radius 1 is 0.722 bits per heavy atom. The number of ether oxygens (including phenoxy) is 2. The van der Waals surface area contributed by atoms with Crippen molar-refractivity contribution in [1.29, 1.82) is 0 Å². The second-order valence-corrected chi connectivity index (χ2v) is 8.78. The van der Waals surface area contributed by atoms with Crippen LogP contribution in [0.1, 0.15) is 10.4 Å². The highest BCUT2D eigenvalue weighted by atomic mass is 19.2. The number of rotatable bonds is 11. The predicted molar refractivity (Wildman–Crippen MR) is 121 cm³/mol. The third kappa shape index (κ3) is 8.12. The molecule has 2 aromatic rings. The Kier molecular flexibility index (Phi) is 10.4. The molecule has 2 saturated heterocycles. The van der Waals surface area contributed by atoms with Gasteiger partial charge in [0.1, 0.15) is 48.0 Å². The molecule has 36 heavy (non-hydrogen) atoms. The molecule has 0 N–H and O–H groups in total. The summed E-state index contributed by atoms with van der Waals surface area (Å²) in [6.07, 6.45) is 0.131. The van der Waals surface area contributed by atoms with Crippen molar-refractivity contribution in [3.8, 4) is 11.5 Å².